The molecule has 0 unspecified atom stereocenters. The van der Waals surface area contributed by atoms with E-state index in [1.807, 2.05) is 6.92 Å². The highest BCUT2D eigenvalue weighted by Gasteiger charge is 2.26. The van der Waals surface area contributed by atoms with E-state index in [0.29, 0.717) is 30.0 Å². The van der Waals surface area contributed by atoms with Gasteiger partial charge in [-0.05, 0) is 37.6 Å². The first-order valence-electron chi connectivity index (χ1n) is 7.11. The molecule has 2 heterocycles. The van der Waals surface area contributed by atoms with E-state index in [-0.39, 0.29) is 17.9 Å². The van der Waals surface area contributed by atoms with Gasteiger partial charge in [-0.15, -0.1) is 0 Å². The molecule has 0 aliphatic carbocycles. The number of hydrogen-bond donors (Lipinski definition) is 1. The summed E-state index contributed by atoms with van der Waals surface area (Å²) in [6, 6.07) is 6.80. The minimum atomic E-state index is -0.321. The van der Waals surface area contributed by atoms with Crippen molar-refractivity contribution in [3.05, 3.63) is 35.1 Å². The summed E-state index contributed by atoms with van der Waals surface area (Å²) in [5.74, 6) is 0.710. The molecule has 1 aliphatic heterocycles. The Balaban J connectivity index is 1.67. The van der Waals surface area contributed by atoms with Crippen molar-refractivity contribution in [1.29, 1.82) is 0 Å². The fraction of sp³-hybridized carbons (Fsp3) is 0.400. The van der Waals surface area contributed by atoms with Crippen molar-refractivity contribution in [2.24, 2.45) is 5.92 Å². The van der Waals surface area contributed by atoms with Gasteiger partial charge in [0.2, 0.25) is 5.91 Å². The Morgan fingerprint density at radius 2 is 2.18 bits per heavy atom. The molecule has 1 N–H and O–H groups in total. The van der Waals surface area contributed by atoms with Gasteiger partial charge < -0.3 is 14.6 Å². The lowest BCUT2D eigenvalue weighted by molar-refractivity contribution is -0.125. The zero-order valence-electron chi connectivity index (χ0n) is 12.1. The first-order valence-corrected chi connectivity index (χ1v) is 7.49. The molecule has 22 heavy (non-hydrogen) atoms. The first kappa shape index (κ1) is 15.0. The number of rotatable bonds is 4. The number of carbonyl (C=O) groups is 1. The fourth-order valence-electron chi connectivity index (χ4n) is 2.26. The molecule has 1 aromatic heterocycles. The van der Waals surface area contributed by atoms with Crippen LogP contribution < -0.4 is 5.32 Å². The highest BCUT2D eigenvalue weighted by Crippen LogP contribution is 2.22. The molecule has 0 radical (unpaired) electrons. The smallest absolute Gasteiger partial charge is 0.257 e. The number of halogens is 1. The van der Waals surface area contributed by atoms with Crippen molar-refractivity contribution in [1.82, 2.24) is 15.5 Å². The van der Waals surface area contributed by atoms with Gasteiger partial charge in [0.25, 0.3) is 5.89 Å². The third kappa shape index (κ3) is 3.28. The summed E-state index contributed by atoms with van der Waals surface area (Å²) in [6.07, 6.45) is 0.751. The lowest BCUT2D eigenvalue weighted by Gasteiger charge is -2.13. The van der Waals surface area contributed by atoms with Gasteiger partial charge in [0.05, 0.1) is 18.6 Å². The summed E-state index contributed by atoms with van der Waals surface area (Å²) >= 11 is 5.85. The van der Waals surface area contributed by atoms with Crippen LogP contribution in [0.25, 0.3) is 11.5 Å². The Kier molecular flexibility index (Phi) is 4.40. The standard InChI is InChI=1S/C15H16ClN3O3/c1-9(17-14(20)11-6-7-21-8-11)13-18-15(22-19-13)10-2-4-12(16)5-3-10/h2-5,9,11H,6-8H2,1H3,(H,17,20)/t9-,11-/m1/s1. The minimum absolute atomic E-state index is 0.0390. The van der Waals surface area contributed by atoms with Crippen molar-refractivity contribution in [2.45, 2.75) is 19.4 Å². The summed E-state index contributed by atoms with van der Waals surface area (Å²) < 4.78 is 10.5. The molecule has 1 aliphatic rings. The highest BCUT2D eigenvalue weighted by molar-refractivity contribution is 6.30. The van der Waals surface area contributed by atoms with Crippen LogP contribution in [0.2, 0.25) is 5.02 Å². The molecule has 2 atom stereocenters. The van der Waals surface area contributed by atoms with Crippen LogP contribution in [0.5, 0.6) is 0 Å². The molecule has 1 fully saturated rings. The third-order valence-corrected chi connectivity index (χ3v) is 3.83. The van der Waals surface area contributed by atoms with E-state index in [1.165, 1.54) is 0 Å². The number of hydrogen-bond acceptors (Lipinski definition) is 5. The van der Waals surface area contributed by atoms with E-state index in [9.17, 15) is 4.79 Å². The van der Waals surface area contributed by atoms with Gasteiger partial charge in [-0.1, -0.05) is 16.8 Å². The van der Waals surface area contributed by atoms with Crippen molar-refractivity contribution in [3.8, 4) is 11.5 Å². The van der Waals surface area contributed by atoms with Gasteiger partial charge in [0.1, 0.15) is 0 Å². The van der Waals surface area contributed by atoms with E-state index in [0.717, 1.165) is 12.0 Å². The van der Waals surface area contributed by atoms with E-state index >= 15 is 0 Å². The van der Waals surface area contributed by atoms with Crippen molar-refractivity contribution in [3.63, 3.8) is 0 Å². The summed E-state index contributed by atoms with van der Waals surface area (Å²) in [5, 5.41) is 7.46. The van der Waals surface area contributed by atoms with E-state index in [2.05, 4.69) is 15.5 Å². The van der Waals surface area contributed by atoms with Gasteiger partial charge in [-0.25, -0.2) is 0 Å². The second-order valence-corrected chi connectivity index (χ2v) is 5.69. The Bertz CT molecular complexity index is 650. The van der Waals surface area contributed by atoms with Gasteiger partial charge in [-0.2, -0.15) is 4.98 Å². The maximum Gasteiger partial charge on any atom is 0.257 e. The van der Waals surface area contributed by atoms with Gasteiger partial charge in [-0.3, -0.25) is 4.79 Å². The minimum Gasteiger partial charge on any atom is -0.381 e. The average molecular weight is 322 g/mol. The monoisotopic (exact) mass is 321 g/mol. The van der Waals surface area contributed by atoms with Crippen LogP contribution in [0, 0.1) is 5.92 Å². The molecule has 1 saturated heterocycles. The Labute approximate surface area is 132 Å². The summed E-state index contributed by atoms with van der Waals surface area (Å²) in [6.45, 7) is 2.93. The number of carbonyl (C=O) groups excluding carboxylic acids is 1. The third-order valence-electron chi connectivity index (χ3n) is 3.58. The molecule has 0 spiro atoms. The normalized spacial score (nSPS) is 19.1. The summed E-state index contributed by atoms with van der Waals surface area (Å²) in [4.78, 5) is 16.4. The number of amides is 1. The number of benzene rings is 1. The second-order valence-electron chi connectivity index (χ2n) is 5.26. The molecule has 0 saturated carbocycles. The Morgan fingerprint density at radius 3 is 2.86 bits per heavy atom. The van der Waals surface area contributed by atoms with Crippen LogP contribution in [0.4, 0.5) is 0 Å². The Hall–Kier alpha value is -1.92. The quantitative estimate of drug-likeness (QED) is 0.936. The molecule has 0 bridgehead atoms. The van der Waals surface area contributed by atoms with Crippen LogP contribution in [0.1, 0.15) is 25.2 Å². The van der Waals surface area contributed by atoms with Crippen molar-refractivity contribution >= 4 is 17.5 Å². The molecule has 6 nitrogen and oxygen atoms in total. The van der Waals surface area contributed by atoms with Crippen molar-refractivity contribution in [2.75, 3.05) is 13.2 Å². The number of nitrogens with zero attached hydrogens (tertiary/aromatic N) is 2. The first-order chi connectivity index (χ1) is 10.6. The van der Waals surface area contributed by atoms with Crippen LogP contribution in [-0.4, -0.2) is 29.3 Å². The van der Waals surface area contributed by atoms with E-state index < -0.39 is 0 Å². The Morgan fingerprint density at radius 1 is 1.41 bits per heavy atom. The number of aromatic nitrogens is 2. The molecule has 116 valence electrons. The maximum absolute atomic E-state index is 12.1. The van der Waals surface area contributed by atoms with Gasteiger partial charge >= 0.3 is 0 Å². The summed E-state index contributed by atoms with van der Waals surface area (Å²) in [7, 11) is 0. The molecule has 7 heteroatoms. The number of ether oxygens (including phenoxy) is 1. The largest absolute Gasteiger partial charge is 0.381 e. The van der Waals surface area contributed by atoms with Crippen molar-refractivity contribution < 1.29 is 14.1 Å². The van der Waals surface area contributed by atoms with E-state index in [1.54, 1.807) is 24.3 Å². The predicted molar refractivity (Wildman–Crippen MR) is 80.2 cm³/mol. The predicted octanol–water partition coefficient (Wildman–Crippen LogP) is 2.60. The summed E-state index contributed by atoms with van der Waals surface area (Å²) in [5.41, 5.74) is 0.783. The molecular formula is C15H16ClN3O3. The van der Waals surface area contributed by atoms with Crippen LogP contribution in [0.15, 0.2) is 28.8 Å². The molecular weight excluding hydrogens is 306 g/mol. The zero-order chi connectivity index (χ0) is 15.5. The molecule has 1 aromatic carbocycles. The fourth-order valence-corrected chi connectivity index (χ4v) is 2.38. The average Bonchev–Trinajstić information content (AvgIpc) is 3.20. The molecule has 3 rings (SSSR count). The molecule has 1 amide bonds. The van der Waals surface area contributed by atoms with Crippen LogP contribution >= 0.6 is 11.6 Å². The van der Waals surface area contributed by atoms with Gasteiger partial charge in [0.15, 0.2) is 5.82 Å². The maximum atomic E-state index is 12.1. The lowest BCUT2D eigenvalue weighted by atomic mass is 10.1. The zero-order valence-corrected chi connectivity index (χ0v) is 12.8. The van der Waals surface area contributed by atoms with Crippen LogP contribution in [0.3, 0.4) is 0 Å². The SMILES string of the molecule is C[C@@H](NC(=O)[C@@H]1CCOC1)c1noc(-c2ccc(Cl)cc2)n1. The number of nitrogens with one attached hydrogen (secondary N) is 1. The second kappa shape index (κ2) is 6.46. The highest BCUT2D eigenvalue weighted by atomic mass is 35.5. The molecule has 2 aromatic rings. The lowest BCUT2D eigenvalue weighted by Crippen LogP contribution is -2.33. The van der Waals surface area contributed by atoms with E-state index in [4.69, 9.17) is 20.9 Å². The van der Waals surface area contributed by atoms with Crippen LogP contribution in [-0.2, 0) is 9.53 Å². The topological polar surface area (TPSA) is 77.2 Å². The van der Waals surface area contributed by atoms with Gasteiger partial charge in [0, 0.05) is 17.2 Å².